The second kappa shape index (κ2) is 4.81. The van der Waals surface area contributed by atoms with Crippen LogP contribution in [0.15, 0.2) is 71.3 Å². The van der Waals surface area contributed by atoms with Crippen LogP contribution in [0.5, 0.6) is 0 Å². The van der Waals surface area contributed by atoms with E-state index in [0.717, 1.165) is 16.8 Å². The molecule has 20 heavy (non-hydrogen) atoms. The summed E-state index contributed by atoms with van der Waals surface area (Å²) in [7, 11) is 0. The van der Waals surface area contributed by atoms with Crippen molar-refractivity contribution in [1.82, 2.24) is 4.90 Å². The molecular formula is C16H13FN2O. The molecule has 0 bridgehead atoms. The number of allylic oxidation sites excluding steroid dienone is 4. The molecule has 3 rings (SSSR count). The van der Waals surface area contributed by atoms with Crippen LogP contribution in [0.1, 0.15) is 12.5 Å². The van der Waals surface area contributed by atoms with Gasteiger partial charge in [0.2, 0.25) is 0 Å². The lowest BCUT2D eigenvalue weighted by Crippen LogP contribution is -2.31. The normalized spacial score (nSPS) is 19.4. The van der Waals surface area contributed by atoms with E-state index in [0.29, 0.717) is 5.84 Å². The predicted molar refractivity (Wildman–Crippen MR) is 77.3 cm³/mol. The number of halogens is 1. The van der Waals surface area contributed by atoms with E-state index < -0.39 is 0 Å². The average Bonchev–Trinajstić information content (AvgIpc) is 2.47. The summed E-state index contributed by atoms with van der Waals surface area (Å²) < 4.78 is 13.0. The minimum Gasteiger partial charge on any atom is -0.504 e. The molecule has 0 unspecified atom stereocenters. The van der Waals surface area contributed by atoms with Gasteiger partial charge in [0.25, 0.3) is 0 Å². The Hall–Kier alpha value is -2.62. The highest BCUT2D eigenvalue weighted by atomic mass is 19.1. The smallest absolute Gasteiger partial charge is 0.179 e. The Labute approximate surface area is 116 Å². The fraction of sp³-hybridized carbons (Fsp3) is 0.0625. The van der Waals surface area contributed by atoms with Crippen molar-refractivity contribution in [2.24, 2.45) is 4.99 Å². The lowest BCUT2D eigenvalue weighted by molar-refractivity contribution is 0.427. The second-order valence-corrected chi connectivity index (χ2v) is 4.44. The molecule has 0 aliphatic carbocycles. The number of nitrogens with zero attached hydrogens (tertiary/aromatic N) is 2. The first kappa shape index (κ1) is 12.4. The van der Waals surface area contributed by atoms with Crippen LogP contribution in [0.3, 0.4) is 0 Å². The van der Waals surface area contributed by atoms with E-state index in [-0.39, 0.29) is 11.6 Å². The molecule has 4 heteroatoms. The van der Waals surface area contributed by atoms with Gasteiger partial charge in [0, 0.05) is 18.0 Å². The summed E-state index contributed by atoms with van der Waals surface area (Å²) in [5, 5.41) is 9.84. The van der Waals surface area contributed by atoms with Gasteiger partial charge in [-0.3, -0.25) is 4.90 Å². The molecular weight excluding hydrogens is 255 g/mol. The Morgan fingerprint density at radius 3 is 2.70 bits per heavy atom. The van der Waals surface area contributed by atoms with Gasteiger partial charge < -0.3 is 5.11 Å². The minimum atomic E-state index is -0.269. The maximum Gasteiger partial charge on any atom is 0.179 e. The summed E-state index contributed by atoms with van der Waals surface area (Å²) in [5.74, 6) is 0.350. The quantitative estimate of drug-likeness (QED) is 0.842. The molecule has 2 aliphatic rings. The van der Waals surface area contributed by atoms with E-state index in [2.05, 4.69) is 4.99 Å². The number of aliphatic hydroxyl groups is 1. The van der Waals surface area contributed by atoms with Gasteiger partial charge in [0.1, 0.15) is 5.82 Å². The molecule has 0 saturated carbocycles. The van der Waals surface area contributed by atoms with Crippen LogP contribution in [0, 0.1) is 5.82 Å². The molecule has 2 aliphatic heterocycles. The van der Waals surface area contributed by atoms with Gasteiger partial charge in [0.05, 0.1) is 5.70 Å². The number of aliphatic hydroxyl groups excluding tert-OH is 1. The number of hydrogen-bond donors (Lipinski definition) is 1. The van der Waals surface area contributed by atoms with Crippen LogP contribution in [-0.4, -0.2) is 15.8 Å². The Balaban J connectivity index is 2.10. The highest BCUT2D eigenvalue weighted by Crippen LogP contribution is 2.32. The summed E-state index contributed by atoms with van der Waals surface area (Å²) in [4.78, 5) is 6.10. The molecule has 2 heterocycles. The van der Waals surface area contributed by atoms with E-state index in [1.165, 1.54) is 12.1 Å². The molecule has 0 saturated heterocycles. The second-order valence-electron chi connectivity index (χ2n) is 4.44. The van der Waals surface area contributed by atoms with Crippen molar-refractivity contribution in [2.75, 3.05) is 0 Å². The fourth-order valence-corrected chi connectivity index (χ4v) is 2.28. The Morgan fingerprint density at radius 2 is 2.00 bits per heavy atom. The molecule has 0 aromatic heterocycles. The summed E-state index contributed by atoms with van der Waals surface area (Å²) in [6, 6.07) is 6.28. The largest absolute Gasteiger partial charge is 0.504 e. The minimum absolute atomic E-state index is 0.126. The highest BCUT2D eigenvalue weighted by molar-refractivity contribution is 6.04. The number of amidine groups is 1. The zero-order valence-electron chi connectivity index (χ0n) is 10.9. The number of hydrogen-bond acceptors (Lipinski definition) is 3. The Bertz CT molecular complexity index is 694. The summed E-state index contributed by atoms with van der Waals surface area (Å²) in [6.07, 6.45) is 8.82. The van der Waals surface area contributed by atoms with Gasteiger partial charge in [-0.2, -0.15) is 0 Å². The average molecular weight is 268 g/mol. The Morgan fingerprint density at radius 1 is 1.25 bits per heavy atom. The molecule has 0 spiro atoms. The maximum atomic E-state index is 13.0. The van der Waals surface area contributed by atoms with Crippen molar-refractivity contribution in [2.45, 2.75) is 6.92 Å². The standard InChI is InChI=1S/C16H13FN2O/c1-2-14-13(11-5-7-12(17)8-6-11)10-18-16-15(20)4-3-9-19(14)16/h2-10,20H,1H3. The summed E-state index contributed by atoms with van der Waals surface area (Å²) >= 11 is 0. The fourth-order valence-electron chi connectivity index (χ4n) is 2.28. The van der Waals surface area contributed by atoms with Gasteiger partial charge in [-0.05, 0) is 36.8 Å². The first-order valence-electron chi connectivity index (χ1n) is 6.28. The van der Waals surface area contributed by atoms with Crippen molar-refractivity contribution in [3.05, 3.63) is 77.7 Å². The molecule has 0 radical (unpaired) electrons. The lowest BCUT2D eigenvalue weighted by Gasteiger charge is -2.30. The lowest BCUT2D eigenvalue weighted by atomic mass is 10.0. The number of rotatable bonds is 1. The van der Waals surface area contributed by atoms with Crippen LogP contribution in [-0.2, 0) is 0 Å². The summed E-state index contributed by atoms with van der Waals surface area (Å²) in [5.41, 5.74) is 2.66. The van der Waals surface area contributed by atoms with E-state index in [9.17, 15) is 9.50 Å². The zero-order valence-corrected chi connectivity index (χ0v) is 10.9. The van der Waals surface area contributed by atoms with Gasteiger partial charge >= 0.3 is 0 Å². The predicted octanol–water partition coefficient (Wildman–Crippen LogP) is 3.75. The number of fused-ring (bicyclic) bond motifs is 1. The van der Waals surface area contributed by atoms with E-state index in [1.54, 1.807) is 30.5 Å². The van der Waals surface area contributed by atoms with Crippen LogP contribution in [0.25, 0.3) is 5.57 Å². The third-order valence-corrected chi connectivity index (χ3v) is 3.23. The molecule has 0 fully saturated rings. The molecule has 0 atom stereocenters. The van der Waals surface area contributed by atoms with Crippen LogP contribution in [0.4, 0.5) is 4.39 Å². The zero-order chi connectivity index (χ0) is 14.1. The van der Waals surface area contributed by atoms with E-state index in [4.69, 9.17) is 0 Å². The highest BCUT2D eigenvalue weighted by Gasteiger charge is 2.25. The van der Waals surface area contributed by atoms with Crippen LogP contribution >= 0.6 is 0 Å². The van der Waals surface area contributed by atoms with Crippen LogP contribution < -0.4 is 0 Å². The topological polar surface area (TPSA) is 35.8 Å². The van der Waals surface area contributed by atoms with Crippen molar-refractivity contribution in [1.29, 1.82) is 0 Å². The van der Waals surface area contributed by atoms with Gasteiger partial charge in [-0.15, -0.1) is 0 Å². The third kappa shape index (κ3) is 1.95. The third-order valence-electron chi connectivity index (χ3n) is 3.23. The van der Waals surface area contributed by atoms with Gasteiger partial charge in [0.15, 0.2) is 11.6 Å². The summed E-state index contributed by atoms with van der Waals surface area (Å²) in [6.45, 7) is 1.92. The molecule has 100 valence electrons. The monoisotopic (exact) mass is 268 g/mol. The molecule has 0 amide bonds. The van der Waals surface area contributed by atoms with Crippen molar-refractivity contribution >= 4 is 11.4 Å². The number of aliphatic imine (C=N–C) groups is 1. The van der Waals surface area contributed by atoms with Gasteiger partial charge in [-0.25, -0.2) is 9.38 Å². The number of benzene rings is 1. The van der Waals surface area contributed by atoms with Crippen LogP contribution in [0.2, 0.25) is 0 Å². The van der Waals surface area contributed by atoms with Crippen molar-refractivity contribution in [3.8, 4) is 0 Å². The Kier molecular flexibility index (Phi) is 2.99. The van der Waals surface area contributed by atoms with E-state index in [1.807, 2.05) is 24.1 Å². The van der Waals surface area contributed by atoms with E-state index >= 15 is 0 Å². The molecule has 3 nitrogen and oxygen atoms in total. The first-order chi connectivity index (χ1) is 9.70. The van der Waals surface area contributed by atoms with Crippen molar-refractivity contribution < 1.29 is 9.50 Å². The first-order valence-corrected chi connectivity index (χ1v) is 6.28. The van der Waals surface area contributed by atoms with Crippen molar-refractivity contribution in [3.63, 3.8) is 0 Å². The molecule has 1 N–H and O–H groups in total. The SMILES string of the molecule is CC=C1C(c2ccc(F)cc2)=CN=C2C(O)=CC=CN12. The maximum absolute atomic E-state index is 13.0. The molecule has 1 aromatic rings. The molecule has 1 aromatic carbocycles. The van der Waals surface area contributed by atoms with Gasteiger partial charge in [-0.1, -0.05) is 18.2 Å².